The number of ether oxygens (including phenoxy) is 1. The largest absolute Gasteiger partial charge is 0.373 e. The van der Waals surface area contributed by atoms with Gasteiger partial charge in [-0.05, 0) is 19.3 Å². The maximum Gasteiger partial charge on any atom is 0.0703 e. The van der Waals surface area contributed by atoms with E-state index >= 15 is 0 Å². The average Bonchev–Trinajstić information content (AvgIpc) is 2.93. The third kappa shape index (κ3) is 5.06. The van der Waals surface area contributed by atoms with Crippen molar-refractivity contribution in [3.8, 4) is 0 Å². The molecule has 1 aliphatic carbocycles. The highest BCUT2D eigenvalue weighted by atomic mass is 16.5. The van der Waals surface area contributed by atoms with Gasteiger partial charge in [-0.2, -0.15) is 0 Å². The molecule has 1 rings (SSSR count). The molecule has 1 unspecified atom stereocenters. The van der Waals surface area contributed by atoms with E-state index in [1.165, 1.54) is 19.3 Å². The van der Waals surface area contributed by atoms with Gasteiger partial charge in [0.15, 0.2) is 0 Å². The van der Waals surface area contributed by atoms with Gasteiger partial charge in [-0.15, -0.1) is 6.58 Å². The molecule has 0 amide bonds. The topological polar surface area (TPSA) is 21.3 Å². The van der Waals surface area contributed by atoms with Crippen molar-refractivity contribution in [2.45, 2.75) is 44.8 Å². The van der Waals surface area contributed by atoms with Gasteiger partial charge >= 0.3 is 0 Å². The minimum Gasteiger partial charge on any atom is -0.373 e. The molecule has 1 saturated carbocycles. The number of rotatable bonds is 8. The molecule has 0 radical (unpaired) electrons. The first-order valence-corrected chi connectivity index (χ1v) is 5.32. The number of hydrogen-bond donors (Lipinski definition) is 1. The Bertz CT molecular complexity index is 143. The van der Waals surface area contributed by atoms with Gasteiger partial charge in [-0.1, -0.05) is 19.4 Å². The van der Waals surface area contributed by atoms with Crippen molar-refractivity contribution in [3.63, 3.8) is 0 Å². The first kappa shape index (κ1) is 10.7. The van der Waals surface area contributed by atoms with Crippen molar-refractivity contribution >= 4 is 0 Å². The lowest BCUT2D eigenvalue weighted by Gasteiger charge is -2.16. The van der Waals surface area contributed by atoms with Crippen LogP contribution in [0.4, 0.5) is 0 Å². The van der Waals surface area contributed by atoms with E-state index in [0.717, 1.165) is 19.0 Å². The highest BCUT2D eigenvalue weighted by Gasteiger charge is 2.21. The molecule has 0 aromatic carbocycles. The molecule has 1 fully saturated rings. The summed E-state index contributed by atoms with van der Waals surface area (Å²) in [5.74, 6) is 0. The van der Waals surface area contributed by atoms with Crippen LogP contribution < -0.4 is 5.32 Å². The van der Waals surface area contributed by atoms with Crippen molar-refractivity contribution in [2.75, 3.05) is 13.2 Å². The summed E-state index contributed by atoms with van der Waals surface area (Å²) in [6, 6.07) is 0.784. The zero-order valence-electron chi connectivity index (χ0n) is 8.59. The SMILES string of the molecule is C=CCOC(CCC)CNC1CC1. The van der Waals surface area contributed by atoms with E-state index in [9.17, 15) is 0 Å². The van der Waals surface area contributed by atoms with Crippen molar-refractivity contribution in [3.05, 3.63) is 12.7 Å². The monoisotopic (exact) mass is 183 g/mol. The first-order valence-electron chi connectivity index (χ1n) is 5.32. The molecule has 1 aliphatic rings. The minimum atomic E-state index is 0.378. The van der Waals surface area contributed by atoms with Gasteiger partial charge in [-0.3, -0.25) is 0 Å². The standard InChI is InChI=1S/C11H21NO/c1-3-5-11(13-8-4-2)9-12-10-6-7-10/h4,10-12H,2-3,5-9H2,1H3. The van der Waals surface area contributed by atoms with Crippen molar-refractivity contribution in [1.82, 2.24) is 5.32 Å². The summed E-state index contributed by atoms with van der Waals surface area (Å²) in [6.45, 7) is 7.53. The van der Waals surface area contributed by atoms with Crippen LogP contribution in [-0.2, 0) is 4.74 Å². The molecule has 76 valence electrons. The third-order valence-corrected chi connectivity index (χ3v) is 2.27. The second kappa shape index (κ2) is 6.17. The second-order valence-corrected chi connectivity index (χ2v) is 3.72. The molecule has 0 heterocycles. The Morgan fingerprint density at radius 1 is 1.62 bits per heavy atom. The fraction of sp³-hybridized carbons (Fsp3) is 0.818. The lowest BCUT2D eigenvalue weighted by atomic mass is 10.2. The highest BCUT2D eigenvalue weighted by Crippen LogP contribution is 2.18. The van der Waals surface area contributed by atoms with Crippen LogP contribution in [0.2, 0.25) is 0 Å². The molecule has 0 aromatic heterocycles. The van der Waals surface area contributed by atoms with E-state index in [-0.39, 0.29) is 0 Å². The van der Waals surface area contributed by atoms with Gasteiger partial charge in [0, 0.05) is 12.6 Å². The van der Waals surface area contributed by atoms with Crippen LogP contribution in [0.25, 0.3) is 0 Å². The van der Waals surface area contributed by atoms with Gasteiger partial charge in [0.05, 0.1) is 12.7 Å². The lowest BCUT2D eigenvalue weighted by Crippen LogP contribution is -2.30. The van der Waals surface area contributed by atoms with Crippen molar-refractivity contribution < 1.29 is 4.74 Å². The third-order valence-electron chi connectivity index (χ3n) is 2.27. The normalized spacial score (nSPS) is 18.5. The zero-order chi connectivity index (χ0) is 9.52. The molecule has 0 spiro atoms. The summed E-state index contributed by atoms with van der Waals surface area (Å²) >= 11 is 0. The van der Waals surface area contributed by atoms with Crippen LogP contribution in [-0.4, -0.2) is 25.3 Å². The second-order valence-electron chi connectivity index (χ2n) is 3.72. The molecule has 1 N–H and O–H groups in total. The van der Waals surface area contributed by atoms with Gasteiger partial charge in [-0.25, -0.2) is 0 Å². The van der Waals surface area contributed by atoms with E-state index in [4.69, 9.17) is 4.74 Å². The van der Waals surface area contributed by atoms with Gasteiger partial charge in [0.1, 0.15) is 0 Å². The van der Waals surface area contributed by atoms with E-state index in [1.807, 2.05) is 6.08 Å². The molecule has 2 heteroatoms. The number of nitrogens with one attached hydrogen (secondary N) is 1. The van der Waals surface area contributed by atoms with E-state index in [0.29, 0.717) is 12.7 Å². The fourth-order valence-electron chi connectivity index (χ4n) is 1.36. The Morgan fingerprint density at radius 3 is 2.92 bits per heavy atom. The van der Waals surface area contributed by atoms with Crippen LogP contribution in [0, 0.1) is 0 Å². The van der Waals surface area contributed by atoms with Crippen LogP contribution in [0.15, 0.2) is 12.7 Å². The van der Waals surface area contributed by atoms with Crippen molar-refractivity contribution in [1.29, 1.82) is 0 Å². The number of hydrogen-bond acceptors (Lipinski definition) is 2. The van der Waals surface area contributed by atoms with Gasteiger partial charge in [0.25, 0.3) is 0 Å². The van der Waals surface area contributed by atoms with Crippen LogP contribution in [0.5, 0.6) is 0 Å². The molecular formula is C11H21NO. The first-order chi connectivity index (χ1) is 6.36. The highest BCUT2D eigenvalue weighted by molar-refractivity contribution is 4.82. The maximum atomic E-state index is 5.63. The van der Waals surface area contributed by atoms with E-state index < -0.39 is 0 Å². The predicted octanol–water partition coefficient (Wildman–Crippen LogP) is 2.11. The molecular weight excluding hydrogens is 162 g/mol. The molecule has 0 bridgehead atoms. The smallest absolute Gasteiger partial charge is 0.0703 e. The molecule has 2 nitrogen and oxygen atoms in total. The molecule has 1 atom stereocenters. The summed E-state index contributed by atoms with van der Waals surface area (Å²) in [5.41, 5.74) is 0. The average molecular weight is 183 g/mol. The van der Waals surface area contributed by atoms with Crippen LogP contribution >= 0.6 is 0 Å². The predicted molar refractivity (Wildman–Crippen MR) is 55.9 cm³/mol. The zero-order valence-corrected chi connectivity index (χ0v) is 8.59. The Morgan fingerprint density at radius 2 is 2.38 bits per heavy atom. The van der Waals surface area contributed by atoms with Crippen LogP contribution in [0.3, 0.4) is 0 Å². The van der Waals surface area contributed by atoms with Crippen LogP contribution in [0.1, 0.15) is 32.6 Å². The minimum absolute atomic E-state index is 0.378. The Hall–Kier alpha value is -0.340. The summed E-state index contributed by atoms with van der Waals surface area (Å²) in [5, 5.41) is 3.49. The molecule has 0 saturated heterocycles. The molecule has 13 heavy (non-hydrogen) atoms. The van der Waals surface area contributed by atoms with E-state index in [2.05, 4.69) is 18.8 Å². The molecule has 0 aromatic rings. The Kier molecular flexibility index (Phi) is 5.09. The summed E-state index contributed by atoms with van der Waals surface area (Å²) in [6.07, 6.45) is 7.23. The summed E-state index contributed by atoms with van der Waals surface area (Å²) < 4.78 is 5.63. The fourth-order valence-corrected chi connectivity index (χ4v) is 1.36. The van der Waals surface area contributed by atoms with Gasteiger partial charge < -0.3 is 10.1 Å². The Labute approximate surface area is 81.4 Å². The van der Waals surface area contributed by atoms with E-state index in [1.54, 1.807) is 0 Å². The lowest BCUT2D eigenvalue weighted by molar-refractivity contribution is 0.0669. The Balaban J connectivity index is 2.06. The quantitative estimate of drug-likeness (QED) is 0.582. The maximum absolute atomic E-state index is 5.63. The van der Waals surface area contributed by atoms with Crippen molar-refractivity contribution in [2.24, 2.45) is 0 Å². The molecule has 0 aliphatic heterocycles. The summed E-state index contributed by atoms with van der Waals surface area (Å²) in [7, 11) is 0. The summed E-state index contributed by atoms with van der Waals surface area (Å²) in [4.78, 5) is 0. The van der Waals surface area contributed by atoms with Gasteiger partial charge in [0.2, 0.25) is 0 Å².